The first-order valence-corrected chi connectivity index (χ1v) is 10.5. The van der Waals surface area contributed by atoms with Crippen molar-refractivity contribution in [2.24, 2.45) is 0 Å². The normalized spacial score (nSPS) is 18.5. The van der Waals surface area contributed by atoms with Crippen molar-refractivity contribution < 1.29 is 9.18 Å². The third-order valence-corrected chi connectivity index (χ3v) is 5.89. The number of nitrogens with two attached hydrogens (primary N) is 1. The molecule has 32 heavy (non-hydrogen) atoms. The van der Waals surface area contributed by atoms with Crippen LogP contribution in [0.15, 0.2) is 60.8 Å². The number of hydrogen-bond donors (Lipinski definition) is 3. The van der Waals surface area contributed by atoms with E-state index in [0.717, 1.165) is 5.69 Å². The molecule has 164 valence electrons. The summed E-state index contributed by atoms with van der Waals surface area (Å²) in [6.07, 6.45) is 1.64. The first kappa shape index (κ1) is 21.6. The molecule has 0 bridgehead atoms. The fraction of sp³-hybridized carbons (Fsp3) is 0.240. The van der Waals surface area contributed by atoms with E-state index in [1.807, 2.05) is 26.1 Å². The molecule has 1 aromatic heterocycles. The van der Waals surface area contributed by atoms with Gasteiger partial charge in [-0.05, 0) is 55.9 Å². The molecular formula is C25H26FN5O. The average Bonchev–Trinajstić information content (AvgIpc) is 3.13. The van der Waals surface area contributed by atoms with E-state index in [2.05, 4.69) is 15.2 Å². The van der Waals surface area contributed by atoms with Gasteiger partial charge in [0.2, 0.25) is 0 Å². The van der Waals surface area contributed by atoms with Crippen LogP contribution in [0.25, 0.3) is 0 Å². The third kappa shape index (κ3) is 4.38. The van der Waals surface area contributed by atoms with Crippen molar-refractivity contribution in [2.75, 3.05) is 25.9 Å². The number of anilines is 1. The summed E-state index contributed by atoms with van der Waals surface area (Å²) in [4.78, 5) is 19.3. The Kier molecular flexibility index (Phi) is 6.01. The van der Waals surface area contributed by atoms with Crippen molar-refractivity contribution in [1.29, 1.82) is 5.41 Å². The van der Waals surface area contributed by atoms with Crippen LogP contribution in [0.3, 0.4) is 0 Å². The van der Waals surface area contributed by atoms with Crippen LogP contribution in [0.2, 0.25) is 0 Å². The number of halogens is 1. The van der Waals surface area contributed by atoms with Gasteiger partial charge in [0.15, 0.2) is 0 Å². The van der Waals surface area contributed by atoms with Crippen molar-refractivity contribution in [3.8, 4) is 0 Å². The number of aromatic nitrogens is 1. The van der Waals surface area contributed by atoms with Crippen molar-refractivity contribution in [2.45, 2.75) is 18.9 Å². The minimum atomic E-state index is -0.272. The summed E-state index contributed by atoms with van der Waals surface area (Å²) >= 11 is 0. The lowest BCUT2D eigenvalue weighted by Gasteiger charge is -2.21. The highest BCUT2D eigenvalue weighted by Crippen LogP contribution is 2.29. The lowest BCUT2D eigenvalue weighted by Crippen LogP contribution is -2.39. The molecule has 0 unspecified atom stereocenters. The maximum absolute atomic E-state index is 14.4. The molecule has 0 radical (unpaired) electrons. The number of benzene rings is 2. The number of likely N-dealkylation sites (tertiary alicyclic amines) is 1. The highest BCUT2D eigenvalue weighted by molar-refractivity contribution is 6.14. The van der Waals surface area contributed by atoms with Gasteiger partial charge in [0.25, 0.3) is 5.91 Å². The zero-order chi connectivity index (χ0) is 22.8. The Morgan fingerprint density at radius 3 is 2.69 bits per heavy atom. The minimum Gasteiger partial charge on any atom is -0.398 e. The summed E-state index contributed by atoms with van der Waals surface area (Å²) in [5.74, 6) is -0.675. The van der Waals surface area contributed by atoms with E-state index in [0.29, 0.717) is 41.0 Å². The topological polar surface area (TPSA) is 95.1 Å². The fourth-order valence-corrected chi connectivity index (χ4v) is 4.26. The predicted molar refractivity (Wildman–Crippen MR) is 124 cm³/mol. The van der Waals surface area contributed by atoms with E-state index < -0.39 is 0 Å². The molecule has 1 saturated heterocycles. The van der Waals surface area contributed by atoms with Gasteiger partial charge in [-0.15, -0.1) is 0 Å². The Balaban J connectivity index is 1.58. The number of pyridine rings is 1. The zero-order valence-corrected chi connectivity index (χ0v) is 18.1. The Hall–Kier alpha value is -3.58. The van der Waals surface area contributed by atoms with Crippen LogP contribution in [-0.2, 0) is 0 Å². The largest absolute Gasteiger partial charge is 0.398 e. The van der Waals surface area contributed by atoms with Crippen LogP contribution >= 0.6 is 0 Å². The van der Waals surface area contributed by atoms with Crippen LogP contribution in [0.5, 0.6) is 0 Å². The molecule has 2 heterocycles. The SMILES string of the molecule is Cc1cc(C(=N)c2cc(C(=O)N[C@H]3CN(C)C[C@@H]3c3ccccc3F)ccc2N)ccn1. The van der Waals surface area contributed by atoms with Gasteiger partial charge in [0.05, 0.1) is 5.71 Å². The molecule has 2 aromatic carbocycles. The van der Waals surface area contributed by atoms with E-state index in [1.165, 1.54) is 6.07 Å². The van der Waals surface area contributed by atoms with Crippen LogP contribution in [-0.4, -0.2) is 47.7 Å². The maximum atomic E-state index is 14.4. The summed E-state index contributed by atoms with van der Waals surface area (Å²) in [6.45, 7) is 3.14. The molecule has 1 aliphatic rings. The van der Waals surface area contributed by atoms with Crippen LogP contribution in [0.1, 0.15) is 38.7 Å². The number of hydrogen-bond acceptors (Lipinski definition) is 5. The number of aryl methyl sites for hydroxylation is 1. The van der Waals surface area contributed by atoms with Gasteiger partial charge < -0.3 is 16.0 Å². The lowest BCUT2D eigenvalue weighted by atomic mass is 9.93. The average molecular weight is 432 g/mol. The maximum Gasteiger partial charge on any atom is 0.251 e. The van der Waals surface area contributed by atoms with Gasteiger partial charge in [-0.25, -0.2) is 4.39 Å². The zero-order valence-electron chi connectivity index (χ0n) is 18.1. The number of likely N-dealkylation sites (N-methyl/N-ethyl adjacent to an activating group) is 1. The van der Waals surface area contributed by atoms with Crippen LogP contribution < -0.4 is 11.1 Å². The predicted octanol–water partition coefficient (Wildman–Crippen LogP) is 3.36. The van der Waals surface area contributed by atoms with E-state index >= 15 is 0 Å². The molecule has 0 aliphatic carbocycles. The molecule has 2 atom stereocenters. The molecule has 1 aliphatic heterocycles. The monoisotopic (exact) mass is 431 g/mol. The molecule has 6 nitrogen and oxygen atoms in total. The Bertz CT molecular complexity index is 1180. The number of rotatable bonds is 5. The Morgan fingerprint density at radius 2 is 1.94 bits per heavy atom. The number of nitrogen functional groups attached to an aromatic ring is 1. The molecule has 3 aromatic rings. The van der Waals surface area contributed by atoms with Gasteiger partial charge in [-0.2, -0.15) is 0 Å². The Labute approximate surface area is 186 Å². The smallest absolute Gasteiger partial charge is 0.251 e. The summed E-state index contributed by atoms with van der Waals surface area (Å²) in [6, 6.07) is 15.0. The number of nitrogens with one attached hydrogen (secondary N) is 2. The van der Waals surface area contributed by atoms with Gasteiger partial charge in [0, 0.05) is 59.3 Å². The summed E-state index contributed by atoms with van der Waals surface area (Å²) in [5, 5.41) is 11.6. The van der Waals surface area contributed by atoms with Crippen molar-refractivity contribution in [1.82, 2.24) is 15.2 Å². The van der Waals surface area contributed by atoms with Crippen molar-refractivity contribution in [3.05, 3.63) is 94.6 Å². The second-order valence-electron chi connectivity index (χ2n) is 8.29. The molecule has 4 rings (SSSR count). The molecule has 4 N–H and O–H groups in total. The fourth-order valence-electron chi connectivity index (χ4n) is 4.26. The first-order valence-electron chi connectivity index (χ1n) is 10.5. The lowest BCUT2D eigenvalue weighted by molar-refractivity contribution is 0.0935. The molecule has 0 spiro atoms. The van der Waals surface area contributed by atoms with E-state index in [1.54, 1.807) is 42.6 Å². The standard InChI is InChI=1S/C25H26FN5O/c1-15-11-16(9-10-29-15)24(28)19-12-17(7-8-22(19)27)25(32)30-23-14-31(2)13-20(23)18-5-3-4-6-21(18)26/h3-12,20,23,28H,13-14,27H2,1-2H3,(H,30,32)/t20-,23+/m1/s1. The summed E-state index contributed by atoms with van der Waals surface area (Å²) < 4.78 is 14.4. The van der Waals surface area contributed by atoms with Gasteiger partial charge in [0.1, 0.15) is 5.82 Å². The number of nitrogens with zero attached hydrogens (tertiary/aromatic N) is 2. The minimum absolute atomic E-state index is 0.142. The third-order valence-electron chi connectivity index (χ3n) is 5.89. The van der Waals surface area contributed by atoms with Gasteiger partial charge in [-0.1, -0.05) is 18.2 Å². The highest BCUT2D eigenvalue weighted by Gasteiger charge is 2.34. The van der Waals surface area contributed by atoms with Crippen molar-refractivity contribution >= 4 is 17.3 Å². The second-order valence-corrected chi connectivity index (χ2v) is 8.29. The molecule has 1 amide bonds. The Morgan fingerprint density at radius 1 is 1.16 bits per heavy atom. The van der Waals surface area contributed by atoms with Gasteiger partial charge >= 0.3 is 0 Å². The van der Waals surface area contributed by atoms with Crippen LogP contribution in [0, 0.1) is 18.2 Å². The molecule has 1 fully saturated rings. The number of amides is 1. The second kappa shape index (κ2) is 8.88. The van der Waals surface area contributed by atoms with E-state index in [9.17, 15) is 9.18 Å². The quantitative estimate of drug-likeness (QED) is 0.426. The van der Waals surface area contributed by atoms with Crippen LogP contribution in [0.4, 0.5) is 10.1 Å². The molecular weight excluding hydrogens is 405 g/mol. The first-order chi connectivity index (χ1) is 15.3. The highest BCUT2D eigenvalue weighted by atomic mass is 19.1. The summed E-state index contributed by atoms with van der Waals surface area (Å²) in [5.41, 5.74) is 9.75. The summed E-state index contributed by atoms with van der Waals surface area (Å²) in [7, 11) is 1.96. The van der Waals surface area contributed by atoms with Gasteiger partial charge in [-0.3, -0.25) is 15.2 Å². The number of carbonyl (C=O) groups excluding carboxylic acids is 1. The van der Waals surface area contributed by atoms with Crippen molar-refractivity contribution in [3.63, 3.8) is 0 Å². The van der Waals surface area contributed by atoms with E-state index in [4.69, 9.17) is 11.1 Å². The number of carbonyl (C=O) groups is 1. The molecule has 0 saturated carbocycles. The molecule has 7 heteroatoms. The van der Waals surface area contributed by atoms with E-state index in [-0.39, 0.29) is 29.4 Å².